The van der Waals surface area contributed by atoms with Crippen LogP contribution in [0.1, 0.15) is 112 Å². The van der Waals surface area contributed by atoms with Crippen molar-refractivity contribution < 1.29 is 81.8 Å². The molecule has 3 saturated heterocycles. The van der Waals surface area contributed by atoms with E-state index in [4.69, 9.17) is 52.1 Å². The maximum atomic E-state index is 13.8. The van der Waals surface area contributed by atoms with Crippen molar-refractivity contribution in [2.24, 2.45) is 34.5 Å². The lowest BCUT2D eigenvalue weighted by Crippen LogP contribution is -2.73. The van der Waals surface area contributed by atoms with E-state index in [-0.39, 0.29) is 29.6 Å². The zero-order valence-corrected chi connectivity index (χ0v) is 42.5. The summed E-state index contributed by atoms with van der Waals surface area (Å²) in [6, 6.07) is 9.38. The van der Waals surface area contributed by atoms with Crippen LogP contribution >= 0.6 is 0 Å². The van der Waals surface area contributed by atoms with Gasteiger partial charge in [0.05, 0.1) is 42.2 Å². The van der Waals surface area contributed by atoms with Gasteiger partial charge in [-0.3, -0.25) is 9.59 Å². The van der Waals surface area contributed by atoms with Crippen LogP contribution in [0, 0.1) is 34.5 Å². The zero-order valence-electron chi connectivity index (χ0n) is 42.5. The first-order valence-corrected chi connectivity index (χ1v) is 25.5. The molecule has 4 aliphatic carbocycles. The van der Waals surface area contributed by atoms with Crippen LogP contribution < -0.4 is 0 Å². The van der Waals surface area contributed by atoms with Crippen LogP contribution in [0.5, 0.6) is 0 Å². The fraction of sp³-hybridized carbons (Fsp3) is 0.792. The van der Waals surface area contributed by atoms with Gasteiger partial charge in [-0.15, -0.1) is 0 Å². The Morgan fingerprint density at radius 1 is 0.700 bits per heavy atom. The summed E-state index contributed by atoms with van der Waals surface area (Å²) in [5.74, 6) is -2.40. The van der Waals surface area contributed by atoms with Crippen LogP contribution in [0.2, 0.25) is 0 Å². The van der Waals surface area contributed by atoms with Crippen LogP contribution in [0.25, 0.3) is 6.08 Å². The fourth-order valence-corrected chi connectivity index (χ4v) is 14.3. The number of Topliss-reactive ketones (excluding diaryl/α,β-unsaturated/α-hetero) is 1. The minimum Gasteiger partial charge on any atom is -0.458 e. The molecule has 0 amide bonds. The lowest BCUT2D eigenvalue weighted by atomic mass is 9.41. The highest BCUT2D eigenvalue weighted by Crippen LogP contribution is 2.70. The number of carbonyl (C=O) groups excluding carboxylic acids is 3. The maximum Gasteiger partial charge on any atom is 0.331 e. The molecule has 3 N–H and O–H groups in total. The summed E-state index contributed by atoms with van der Waals surface area (Å²) < 4.78 is 68.5. The molecule has 3 aliphatic heterocycles. The van der Waals surface area contributed by atoms with Gasteiger partial charge in [-0.2, -0.15) is 0 Å². The number of carbonyl (C=O) groups is 3. The van der Waals surface area contributed by atoms with Gasteiger partial charge in [-0.25, -0.2) is 4.79 Å². The number of esters is 2. The highest BCUT2D eigenvalue weighted by molar-refractivity contribution is 5.87. The van der Waals surface area contributed by atoms with Crippen LogP contribution in [-0.4, -0.2) is 158 Å². The van der Waals surface area contributed by atoms with Crippen LogP contribution in [0.4, 0.5) is 0 Å². The number of ketones is 1. The van der Waals surface area contributed by atoms with Gasteiger partial charge in [0.1, 0.15) is 48.5 Å². The predicted octanol–water partition coefficient (Wildman–Crippen LogP) is 5.06. The molecule has 1 aromatic carbocycles. The molecule has 70 heavy (non-hydrogen) atoms. The van der Waals surface area contributed by atoms with Crippen LogP contribution in [0.15, 0.2) is 36.4 Å². The topological polar surface area (TPSA) is 213 Å². The normalized spacial score (nSPS) is 47.2. The third kappa shape index (κ3) is 9.93. The summed E-state index contributed by atoms with van der Waals surface area (Å²) in [6.45, 7) is 12.4. The maximum absolute atomic E-state index is 13.8. The first kappa shape index (κ1) is 53.4. The van der Waals surface area contributed by atoms with Gasteiger partial charge in [0.25, 0.3) is 0 Å². The highest BCUT2D eigenvalue weighted by atomic mass is 16.8. The number of hydrogen-bond donors (Lipinski definition) is 3. The first-order valence-electron chi connectivity index (χ1n) is 25.5. The quantitative estimate of drug-likeness (QED) is 0.126. The van der Waals surface area contributed by atoms with Crippen molar-refractivity contribution in [3.63, 3.8) is 0 Å². The molecule has 1 unspecified atom stereocenters. The SMILES string of the molecule is CO[C@H]1[C@@H](O)[C@H](O[C@H]2[C@@H](OC)C[C@H](O[C@H]3[C@@H](OC)C[C@H](O[C@H]4CC[C@@]5(C)C(CC[C@@H]6[C@@H]5[C@H](OC(C)=O)[C@@H](OC(=O)/C=C/c5ccccc5)[C@]5(C)[C@@H](C(C)=O)CC[C@@]65O)C4)O[C@@H]3C)O[C@@H]2C)O[C@H](C)[C@H]1O. The highest BCUT2D eigenvalue weighted by Gasteiger charge is 2.76. The summed E-state index contributed by atoms with van der Waals surface area (Å²) in [7, 11) is 4.64. The molecule has 17 heteroatoms. The van der Waals surface area contributed by atoms with Crippen molar-refractivity contribution in [3.8, 4) is 0 Å². The molecular formula is C53H78O17. The lowest BCUT2D eigenvalue weighted by molar-refractivity contribution is -0.352. The second kappa shape index (κ2) is 21.5. The van der Waals surface area contributed by atoms with E-state index >= 15 is 0 Å². The van der Waals surface area contributed by atoms with Crippen LogP contribution in [0.3, 0.4) is 0 Å². The Balaban J connectivity index is 0.935. The van der Waals surface area contributed by atoms with Gasteiger partial charge in [0.15, 0.2) is 18.9 Å². The molecule has 0 aromatic heterocycles. The molecule has 392 valence electrons. The molecule has 7 aliphatic rings. The molecule has 17 nitrogen and oxygen atoms in total. The monoisotopic (exact) mass is 987 g/mol. The number of methoxy groups -OCH3 is 3. The van der Waals surface area contributed by atoms with Crippen molar-refractivity contribution in [3.05, 3.63) is 42.0 Å². The summed E-state index contributed by atoms with van der Waals surface area (Å²) in [5, 5.41) is 34.5. The molecule has 0 spiro atoms. The Morgan fingerprint density at radius 2 is 1.34 bits per heavy atom. The summed E-state index contributed by atoms with van der Waals surface area (Å²) in [4.78, 5) is 40.4. The second-order valence-electron chi connectivity index (χ2n) is 21.7. The Labute approximate surface area is 412 Å². The van der Waals surface area contributed by atoms with Crippen molar-refractivity contribution in [1.29, 1.82) is 0 Å². The Bertz CT molecular complexity index is 2000. The molecule has 0 bridgehead atoms. The van der Waals surface area contributed by atoms with E-state index in [9.17, 15) is 29.7 Å². The number of hydrogen-bond acceptors (Lipinski definition) is 17. The molecule has 4 saturated carbocycles. The average molecular weight is 987 g/mol. The summed E-state index contributed by atoms with van der Waals surface area (Å²) in [5.41, 5.74) is -2.19. The standard InChI is InChI=1S/C53H78O17/c1-27(54)35-21-23-53(59)36-18-17-33-24-34(20-22-51(33,6)42(36)47(66-31(5)55)49(52(35,53)7)68-39(56)19-16-32-14-12-11-13-15-32)67-40-25-37(60-8)45(29(3)63-40)69-41-26-38(61-9)46(30(4)64-41)70-50-44(58)48(62-10)43(57)28(2)65-50/h11-16,19,28-30,33-38,40-50,57-59H,17-18,20-26H2,1-10H3/b19-16+/t28-,29-,30-,33?,34+,35-,36-,37+,38+,40+,41+,42-,43-,44-,45-,46-,47+,48-,49-,50+,51+,52+,53-/m1/s1. The van der Waals surface area contributed by atoms with Gasteiger partial charge in [-0.05, 0) is 102 Å². The predicted molar refractivity (Wildman–Crippen MR) is 250 cm³/mol. The van der Waals surface area contributed by atoms with Crippen molar-refractivity contribution >= 4 is 23.8 Å². The minimum absolute atomic E-state index is 0.0903. The number of fused-ring (bicyclic) bond motifs is 5. The smallest absolute Gasteiger partial charge is 0.331 e. The summed E-state index contributed by atoms with van der Waals surface area (Å²) >= 11 is 0. The molecule has 1 aromatic rings. The van der Waals surface area contributed by atoms with E-state index in [1.807, 2.05) is 51.1 Å². The molecule has 7 fully saturated rings. The van der Waals surface area contributed by atoms with Crippen molar-refractivity contribution in [2.75, 3.05) is 21.3 Å². The van der Waals surface area contributed by atoms with Crippen molar-refractivity contribution in [2.45, 2.75) is 210 Å². The number of benzene rings is 1. The second-order valence-corrected chi connectivity index (χ2v) is 21.7. The van der Waals surface area contributed by atoms with Crippen LogP contribution in [-0.2, 0) is 66.5 Å². The van der Waals surface area contributed by atoms with E-state index in [2.05, 4.69) is 6.92 Å². The van der Waals surface area contributed by atoms with Gasteiger partial charge >= 0.3 is 11.9 Å². The molecular weight excluding hydrogens is 909 g/mol. The van der Waals surface area contributed by atoms with E-state index < -0.39 is 126 Å². The largest absolute Gasteiger partial charge is 0.458 e. The Kier molecular flexibility index (Phi) is 16.4. The number of ether oxygens (including phenoxy) is 11. The average Bonchev–Trinajstić information content (AvgIpc) is 3.61. The third-order valence-electron chi connectivity index (χ3n) is 17.9. The van der Waals surface area contributed by atoms with E-state index in [0.29, 0.717) is 51.4 Å². The summed E-state index contributed by atoms with van der Waals surface area (Å²) in [6.07, 6.45) is -3.20. The Hall–Kier alpha value is -2.91. The molecule has 0 radical (unpaired) electrons. The molecule has 3 heterocycles. The van der Waals surface area contributed by atoms with Gasteiger partial charge in [0.2, 0.25) is 0 Å². The van der Waals surface area contributed by atoms with E-state index in [1.165, 1.54) is 27.0 Å². The first-order chi connectivity index (χ1) is 33.3. The molecule has 8 rings (SSSR count). The van der Waals surface area contributed by atoms with Gasteiger partial charge < -0.3 is 67.4 Å². The number of rotatable bonds is 14. The van der Waals surface area contributed by atoms with Gasteiger partial charge in [0, 0.05) is 64.4 Å². The Morgan fingerprint density at radius 3 is 1.96 bits per heavy atom. The number of aliphatic hydroxyl groups is 3. The van der Waals surface area contributed by atoms with Crippen molar-refractivity contribution in [1.82, 2.24) is 0 Å². The fourth-order valence-electron chi connectivity index (χ4n) is 14.3. The van der Waals surface area contributed by atoms with Gasteiger partial charge in [-0.1, -0.05) is 44.2 Å². The third-order valence-corrected chi connectivity index (χ3v) is 17.9. The van der Waals surface area contributed by atoms with E-state index in [1.54, 1.807) is 27.2 Å². The van der Waals surface area contributed by atoms with E-state index in [0.717, 1.165) is 12.0 Å². The zero-order chi connectivity index (χ0) is 50.4. The number of aliphatic hydroxyl groups excluding tert-OH is 2. The minimum atomic E-state index is -1.35. The lowest BCUT2D eigenvalue weighted by Gasteiger charge is -2.66. The molecule has 23 atom stereocenters.